The molecular weight excluding hydrogens is 771 g/mol. The topological polar surface area (TPSA) is 38.7 Å². The lowest BCUT2D eigenvalue weighted by Crippen LogP contribution is -2.32. The second kappa shape index (κ2) is 14.8. The molecule has 2 heterocycles. The highest BCUT2D eigenvalue weighted by Crippen LogP contribution is 2.62. The first-order valence-electron chi connectivity index (χ1n) is 21.0. The molecule has 1 aliphatic carbocycles. The van der Waals surface area contributed by atoms with Crippen molar-refractivity contribution < 1.29 is 0 Å². The first-order valence-corrected chi connectivity index (χ1v) is 21.8. The Bertz CT molecular complexity index is 3190. The number of hydrogen-bond donors (Lipinski definition) is 0. The third kappa shape index (κ3) is 5.94. The maximum atomic E-state index is 5.23. The monoisotopic (exact) mass is 807 g/mol. The van der Waals surface area contributed by atoms with Crippen LogP contribution in [0.4, 0.5) is 0 Å². The molecule has 0 bridgehead atoms. The van der Waals surface area contributed by atoms with Gasteiger partial charge >= 0.3 is 0 Å². The van der Waals surface area contributed by atoms with E-state index in [0.29, 0.717) is 17.5 Å². The van der Waals surface area contributed by atoms with Crippen LogP contribution in [0, 0.1) is 0 Å². The van der Waals surface area contributed by atoms with Crippen LogP contribution in [-0.2, 0) is 5.41 Å². The lowest BCUT2D eigenvalue weighted by molar-refractivity contribution is 0.723. The molecule has 3 nitrogen and oxygen atoms in total. The zero-order valence-corrected chi connectivity index (χ0v) is 34.4. The largest absolute Gasteiger partial charge is 0.208 e. The Labute approximate surface area is 365 Å². The fraction of sp³-hybridized carbons (Fsp3) is 0.0172. The lowest BCUT2D eigenvalue weighted by atomic mass is 9.67. The molecule has 1 aromatic heterocycles. The van der Waals surface area contributed by atoms with E-state index in [1.165, 1.54) is 43.2 Å². The third-order valence-electron chi connectivity index (χ3n) is 12.4. The van der Waals surface area contributed by atoms with E-state index in [1.807, 2.05) is 23.9 Å². The number of nitrogens with zero attached hydrogens (tertiary/aromatic N) is 3. The molecule has 10 aromatic rings. The van der Waals surface area contributed by atoms with Gasteiger partial charge in [0.25, 0.3) is 0 Å². The summed E-state index contributed by atoms with van der Waals surface area (Å²) < 4.78 is 0. The standard InChI is InChI=1S/C58H37N3S/c1-3-16-38(17-4-1)40-20-13-23-44(34-40)55-59-56(45-24-14-21-41(35-45)39-18-5-2-6-19-39)61-57(60-55)46-25-15-22-42(36-46)43-32-33-54-52(37-43)58(51-30-11-12-31-53(51)62-54)49-28-9-7-26-47(49)48-27-8-10-29-50(48)58/h1-37H. The van der Waals surface area contributed by atoms with E-state index >= 15 is 0 Å². The van der Waals surface area contributed by atoms with E-state index in [9.17, 15) is 0 Å². The van der Waals surface area contributed by atoms with Crippen LogP contribution in [0.2, 0.25) is 0 Å². The zero-order chi connectivity index (χ0) is 41.0. The Hall–Kier alpha value is -7.66. The molecule has 12 rings (SSSR count). The van der Waals surface area contributed by atoms with Gasteiger partial charge in [-0.1, -0.05) is 200 Å². The lowest BCUT2D eigenvalue weighted by Gasteiger charge is -2.40. The van der Waals surface area contributed by atoms with E-state index in [2.05, 4.69) is 212 Å². The molecule has 1 spiro atoms. The molecule has 0 saturated carbocycles. The fourth-order valence-electron chi connectivity index (χ4n) is 9.57. The van der Waals surface area contributed by atoms with Gasteiger partial charge in [-0.25, -0.2) is 15.0 Å². The van der Waals surface area contributed by atoms with Crippen LogP contribution in [0.5, 0.6) is 0 Å². The summed E-state index contributed by atoms with van der Waals surface area (Å²) in [6.07, 6.45) is 0. The average molecular weight is 808 g/mol. The second-order valence-electron chi connectivity index (χ2n) is 15.9. The Morgan fingerprint density at radius 2 is 0.629 bits per heavy atom. The summed E-state index contributed by atoms with van der Waals surface area (Å²) >= 11 is 1.87. The molecule has 4 heteroatoms. The molecule has 0 atom stereocenters. The molecule has 0 unspecified atom stereocenters. The summed E-state index contributed by atoms with van der Waals surface area (Å²) in [6.45, 7) is 0. The molecule has 290 valence electrons. The molecular formula is C58H37N3S. The summed E-state index contributed by atoms with van der Waals surface area (Å²) in [5, 5.41) is 0. The van der Waals surface area contributed by atoms with Crippen molar-refractivity contribution in [1.29, 1.82) is 0 Å². The Morgan fingerprint density at radius 1 is 0.258 bits per heavy atom. The highest BCUT2D eigenvalue weighted by atomic mass is 32.2. The molecule has 0 radical (unpaired) electrons. The average Bonchev–Trinajstić information content (AvgIpc) is 3.65. The van der Waals surface area contributed by atoms with Gasteiger partial charge in [-0.2, -0.15) is 0 Å². The van der Waals surface area contributed by atoms with Crippen LogP contribution < -0.4 is 0 Å². The summed E-state index contributed by atoms with van der Waals surface area (Å²) in [5.41, 5.74) is 17.0. The van der Waals surface area contributed by atoms with Crippen molar-refractivity contribution in [3.8, 4) is 78.7 Å². The van der Waals surface area contributed by atoms with Crippen molar-refractivity contribution in [1.82, 2.24) is 15.0 Å². The van der Waals surface area contributed by atoms with Gasteiger partial charge in [-0.05, 0) is 103 Å². The minimum Gasteiger partial charge on any atom is -0.208 e. The molecule has 0 fully saturated rings. The van der Waals surface area contributed by atoms with E-state index < -0.39 is 5.41 Å². The normalized spacial score (nSPS) is 12.9. The minimum atomic E-state index is -0.446. The molecule has 9 aromatic carbocycles. The van der Waals surface area contributed by atoms with E-state index in [1.54, 1.807) is 0 Å². The first-order chi connectivity index (χ1) is 30.7. The summed E-state index contributed by atoms with van der Waals surface area (Å²) in [7, 11) is 0. The maximum Gasteiger partial charge on any atom is 0.164 e. The van der Waals surface area contributed by atoms with Crippen molar-refractivity contribution in [3.63, 3.8) is 0 Å². The van der Waals surface area contributed by atoms with Gasteiger partial charge in [-0.3, -0.25) is 0 Å². The Kier molecular flexibility index (Phi) is 8.65. The quantitative estimate of drug-likeness (QED) is 0.168. The third-order valence-corrected chi connectivity index (χ3v) is 13.5. The highest BCUT2D eigenvalue weighted by molar-refractivity contribution is 7.99. The van der Waals surface area contributed by atoms with Gasteiger partial charge in [0.1, 0.15) is 0 Å². The van der Waals surface area contributed by atoms with Crippen molar-refractivity contribution in [2.45, 2.75) is 15.2 Å². The van der Waals surface area contributed by atoms with Gasteiger partial charge in [0.2, 0.25) is 0 Å². The van der Waals surface area contributed by atoms with Gasteiger partial charge in [0.05, 0.1) is 5.41 Å². The number of rotatable bonds is 6. The number of fused-ring (bicyclic) bond motifs is 9. The van der Waals surface area contributed by atoms with Crippen LogP contribution in [0.25, 0.3) is 78.7 Å². The molecule has 0 saturated heterocycles. The number of hydrogen-bond acceptors (Lipinski definition) is 4. The van der Waals surface area contributed by atoms with Crippen molar-refractivity contribution in [2.75, 3.05) is 0 Å². The predicted octanol–water partition coefficient (Wildman–Crippen LogP) is 14.7. The minimum absolute atomic E-state index is 0.446. The summed E-state index contributed by atoms with van der Waals surface area (Å²) in [6, 6.07) is 80.5. The number of benzene rings is 9. The van der Waals surface area contributed by atoms with Crippen LogP contribution >= 0.6 is 11.8 Å². The maximum absolute atomic E-state index is 5.23. The SMILES string of the molecule is c1ccc(-c2cccc(-c3nc(-c4cccc(-c5ccccc5)c4)nc(-c4cccc(-c5ccc6c(c5)C5(c7ccccc7S6)c6ccccc6-c6ccccc65)c4)n3)c2)cc1. The van der Waals surface area contributed by atoms with Crippen molar-refractivity contribution >= 4 is 11.8 Å². The van der Waals surface area contributed by atoms with E-state index in [4.69, 9.17) is 15.0 Å². The van der Waals surface area contributed by atoms with Crippen molar-refractivity contribution in [2.24, 2.45) is 0 Å². The predicted molar refractivity (Wildman–Crippen MR) is 254 cm³/mol. The van der Waals surface area contributed by atoms with E-state index in [-0.39, 0.29) is 0 Å². The van der Waals surface area contributed by atoms with Crippen LogP contribution in [0.1, 0.15) is 22.3 Å². The van der Waals surface area contributed by atoms with Gasteiger partial charge in [-0.15, -0.1) is 0 Å². The van der Waals surface area contributed by atoms with Crippen LogP contribution in [-0.4, -0.2) is 15.0 Å². The molecule has 2 aliphatic rings. The number of aromatic nitrogens is 3. The first kappa shape index (κ1) is 36.2. The van der Waals surface area contributed by atoms with E-state index in [0.717, 1.165) is 50.1 Å². The van der Waals surface area contributed by atoms with Gasteiger partial charge in [0, 0.05) is 26.5 Å². The van der Waals surface area contributed by atoms with Crippen LogP contribution in [0.15, 0.2) is 234 Å². The Morgan fingerprint density at radius 3 is 1.15 bits per heavy atom. The molecule has 0 N–H and O–H groups in total. The van der Waals surface area contributed by atoms with Gasteiger partial charge in [0.15, 0.2) is 17.5 Å². The Balaban J connectivity index is 1.01. The summed E-state index contributed by atoms with van der Waals surface area (Å²) in [4.78, 5) is 18.2. The fourth-order valence-corrected chi connectivity index (χ4v) is 10.7. The highest BCUT2D eigenvalue weighted by Gasteiger charge is 2.50. The molecule has 1 aliphatic heterocycles. The molecule has 0 amide bonds. The zero-order valence-electron chi connectivity index (χ0n) is 33.6. The van der Waals surface area contributed by atoms with Crippen molar-refractivity contribution in [3.05, 3.63) is 247 Å². The van der Waals surface area contributed by atoms with Gasteiger partial charge < -0.3 is 0 Å². The molecule has 62 heavy (non-hydrogen) atoms. The second-order valence-corrected chi connectivity index (χ2v) is 17.0. The van der Waals surface area contributed by atoms with Crippen LogP contribution in [0.3, 0.4) is 0 Å². The smallest absolute Gasteiger partial charge is 0.164 e. The summed E-state index contributed by atoms with van der Waals surface area (Å²) in [5.74, 6) is 1.88.